The summed E-state index contributed by atoms with van der Waals surface area (Å²) in [7, 11) is 10.5. The van der Waals surface area contributed by atoms with Crippen LogP contribution >= 0.6 is 0 Å². The number of aliphatic hydroxyl groups is 3. The summed E-state index contributed by atoms with van der Waals surface area (Å²) in [4.78, 5) is 18.5. The van der Waals surface area contributed by atoms with E-state index in [0.717, 1.165) is 0 Å². The Morgan fingerprint density at radius 1 is 0.870 bits per heavy atom. The number of esters is 1. The van der Waals surface area contributed by atoms with E-state index in [2.05, 4.69) is 11.8 Å². The molecule has 0 bridgehead atoms. The van der Waals surface area contributed by atoms with Crippen LogP contribution in [0, 0.1) is 17.8 Å². The predicted octanol–water partition coefficient (Wildman–Crippen LogP) is 3.21. The Morgan fingerprint density at radius 3 is 2.02 bits per heavy atom. The van der Waals surface area contributed by atoms with E-state index in [1.165, 1.54) is 7.11 Å². The Balaban J connectivity index is 2.23. The Morgan fingerprint density at radius 2 is 1.48 bits per heavy atom. The van der Waals surface area contributed by atoms with Gasteiger partial charge < -0.3 is 63.0 Å². The first-order valence-electron chi connectivity index (χ1n) is 19.9. The highest BCUT2D eigenvalue weighted by Crippen LogP contribution is 2.41. The molecule has 14 nitrogen and oxygen atoms in total. The molecule has 0 aromatic rings. The van der Waals surface area contributed by atoms with Crippen molar-refractivity contribution in [1.29, 1.82) is 0 Å². The molecular weight excluding hydrogens is 700 g/mol. The molecule has 18 atom stereocenters. The van der Waals surface area contributed by atoms with Gasteiger partial charge in [-0.05, 0) is 94.8 Å². The van der Waals surface area contributed by atoms with Gasteiger partial charge in [0.2, 0.25) is 0 Å². The number of nitrogens with zero attached hydrogens (tertiary/aromatic N) is 2. The monoisotopic (exact) mass is 777 g/mol. The molecule has 0 aromatic heterocycles. The number of aliphatic hydroxyl groups excluding tert-OH is 3. The lowest BCUT2D eigenvalue weighted by Crippen LogP contribution is -2.61. The van der Waals surface area contributed by atoms with E-state index < -0.39 is 89.9 Å². The minimum absolute atomic E-state index is 0.0283. The van der Waals surface area contributed by atoms with E-state index in [0.29, 0.717) is 25.8 Å². The lowest BCUT2D eigenvalue weighted by atomic mass is 9.77. The number of hydrogen-bond donors (Lipinski definition) is 3. The number of ether oxygens (including phenoxy) is 8. The summed E-state index contributed by atoms with van der Waals surface area (Å²) < 4.78 is 50.9. The normalized spacial score (nSPS) is 48.2. The summed E-state index contributed by atoms with van der Waals surface area (Å²) in [5.74, 6) is -2.01. The van der Waals surface area contributed by atoms with Crippen molar-refractivity contribution in [3.05, 3.63) is 0 Å². The van der Waals surface area contributed by atoms with E-state index in [4.69, 9.17) is 37.9 Å². The zero-order valence-electron chi connectivity index (χ0n) is 36.1. The highest BCUT2D eigenvalue weighted by molar-refractivity contribution is 5.73. The van der Waals surface area contributed by atoms with Crippen molar-refractivity contribution in [3.63, 3.8) is 0 Å². The summed E-state index contributed by atoms with van der Waals surface area (Å²) in [6.45, 7) is 19.6. The third-order valence-electron chi connectivity index (χ3n) is 13.1. The Kier molecular flexibility index (Phi) is 16.8. The van der Waals surface area contributed by atoms with Gasteiger partial charge in [0.05, 0.1) is 41.5 Å². The zero-order chi connectivity index (χ0) is 41.1. The molecule has 0 saturated carbocycles. The van der Waals surface area contributed by atoms with Crippen molar-refractivity contribution in [2.45, 2.75) is 185 Å². The number of rotatable bonds is 9. The van der Waals surface area contributed by atoms with Crippen molar-refractivity contribution in [2.24, 2.45) is 17.8 Å². The second-order valence-electron chi connectivity index (χ2n) is 17.5. The summed E-state index contributed by atoms with van der Waals surface area (Å²) in [6, 6.07) is -0.586. The van der Waals surface area contributed by atoms with Crippen molar-refractivity contribution >= 4 is 5.97 Å². The number of hydrogen-bond acceptors (Lipinski definition) is 14. The van der Waals surface area contributed by atoms with Crippen molar-refractivity contribution in [3.8, 4) is 0 Å². The van der Waals surface area contributed by atoms with Gasteiger partial charge in [-0.3, -0.25) is 4.79 Å². The Hall–Kier alpha value is -1.01. The van der Waals surface area contributed by atoms with Crippen molar-refractivity contribution in [2.75, 3.05) is 49.0 Å². The van der Waals surface area contributed by atoms with Gasteiger partial charge in [-0.1, -0.05) is 20.8 Å². The summed E-state index contributed by atoms with van der Waals surface area (Å²) in [5, 5.41) is 34.5. The molecule has 3 aliphatic heterocycles. The number of carbonyl (C=O) groups is 1. The number of carbonyl (C=O) groups excluding carboxylic acids is 1. The van der Waals surface area contributed by atoms with E-state index in [-0.39, 0.29) is 30.5 Å². The van der Waals surface area contributed by atoms with Crippen LogP contribution in [0.1, 0.15) is 94.9 Å². The van der Waals surface area contributed by atoms with Crippen molar-refractivity contribution in [1.82, 2.24) is 9.80 Å². The van der Waals surface area contributed by atoms with Gasteiger partial charge in [-0.2, -0.15) is 0 Å². The summed E-state index contributed by atoms with van der Waals surface area (Å²) >= 11 is 0. The second-order valence-corrected chi connectivity index (χ2v) is 17.5. The van der Waals surface area contributed by atoms with E-state index >= 15 is 0 Å². The molecule has 54 heavy (non-hydrogen) atoms. The van der Waals surface area contributed by atoms with Gasteiger partial charge in [0.1, 0.15) is 30.0 Å². The third kappa shape index (κ3) is 10.2. The number of likely N-dealkylation sites (N-methyl/N-ethyl adjacent to an activating group) is 2. The molecule has 0 unspecified atom stereocenters. The number of cyclic esters (lactones) is 1. The molecule has 0 amide bonds. The maximum atomic E-state index is 14.5. The lowest BCUT2D eigenvalue weighted by Gasteiger charge is -2.49. The number of methoxy groups -OCH3 is 3. The molecule has 3 fully saturated rings. The third-order valence-corrected chi connectivity index (χ3v) is 13.1. The molecule has 0 aromatic carbocycles. The Labute approximate surface area is 325 Å². The fraction of sp³-hybridized carbons (Fsp3) is 0.975. The molecule has 3 rings (SSSR count). The van der Waals surface area contributed by atoms with E-state index in [1.807, 2.05) is 67.6 Å². The van der Waals surface area contributed by atoms with Crippen LogP contribution in [0.2, 0.25) is 0 Å². The van der Waals surface area contributed by atoms with Crippen LogP contribution in [0.4, 0.5) is 0 Å². The average Bonchev–Trinajstić information content (AvgIpc) is 3.12. The maximum absolute atomic E-state index is 14.5. The zero-order valence-corrected chi connectivity index (χ0v) is 36.1. The SMILES string of the molecule is CC[C@H]1OC(=O)[C@H](C)[C@@H](O[C@H]2C[C@@](C)(OC)[C@@H](O)[C@H](C)O2)[C@H](C)[C@@H](O[C@@H]2O[C@H](C)C[C@H](N(C)C)[C@H]2O)[C@](C)(OC)C[C@@H](C)CN(C)[C@H](C)[C@@H](O)[C@]1(C)OC. The standard InChI is InChI=1S/C40H76N2O12/c1-17-29-40(10,49-16)33(44)26(6)42(13)21-22(2)19-39(9,48-15)35(54-37-31(43)28(41(11)12)18-23(3)50-37)24(4)32(25(5)36(46)52-29)53-30-20-38(8,47-14)34(45)27(7)51-30/h22-35,37,43-45H,17-21H2,1-16H3/t22-,23-,24+,25-,26-,27+,28+,29-,30+,31-,32+,33-,34+,35-,37+,38-,39-,40-/m1/s1. The highest BCUT2D eigenvalue weighted by atomic mass is 16.7. The molecule has 3 aliphatic rings. The van der Waals surface area contributed by atoms with Crippen LogP contribution in [-0.4, -0.2) is 170 Å². The van der Waals surface area contributed by atoms with Crippen LogP contribution in [0.3, 0.4) is 0 Å². The molecule has 14 heteroatoms. The van der Waals surface area contributed by atoms with Gasteiger partial charge in [0.15, 0.2) is 12.6 Å². The molecule has 0 radical (unpaired) electrons. The average molecular weight is 777 g/mol. The second kappa shape index (κ2) is 19.2. The van der Waals surface area contributed by atoms with Gasteiger partial charge in [0, 0.05) is 52.3 Å². The summed E-state index contributed by atoms with van der Waals surface area (Å²) in [6.07, 6.45) is -6.39. The van der Waals surface area contributed by atoms with Gasteiger partial charge in [-0.25, -0.2) is 0 Å². The lowest BCUT2D eigenvalue weighted by molar-refractivity contribution is -0.319. The fourth-order valence-corrected chi connectivity index (χ4v) is 9.14. The predicted molar refractivity (Wildman–Crippen MR) is 204 cm³/mol. The first kappa shape index (κ1) is 47.4. The van der Waals surface area contributed by atoms with Gasteiger partial charge >= 0.3 is 5.97 Å². The minimum atomic E-state index is -1.23. The first-order chi connectivity index (χ1) is 25.0. The van der Waals surface area contributed by atoms with Gasteiger partial charge in [-0.15, -0.1) is 0 Å². The molecule has 0 aliphatic carbocycles. The van der Waals surface area contributed by atoms with Crippen LogP contribution in [-0.2, 0) is 42.7 Å². The van der Waals surface area contributed by atoms with Crippen LogP contribution < -0.4 is 0 Å². The minimum Gasteiger partial charge on any atom is -0.459 e. The molecule has 0 spiro atoms. The fourth-order valence-electron chi connectivity index (χ4n) is 9.14. The molecule has 3 saturated heterocycles. The van der Waals surface area contributed by atoms with Gasteiger partial charge in [0.25, 0.3) is 0 Å². The van der Waals surface area contributed by atoms with Crippen LogP contribution in [0.25, 0.3) is 0 Å². The van der Waals surface area contributed by atoms with E-state index in [9.17, 15) is 20.1 Å². The largest absolute Gasteiger partial charge is 0.459 e. The van der Waals surface area contributed by atoms with Crippen LogP contribution in [0.15, 0.2) is 0 Å². The van der Waals surface area contributed by atoms with Crippen molar-refractivity contribution < 1.29 is 58.0 Å². The van der Waals surface area contributed by atoms with Crippen LogP contribution in [0.5, 0.6) is 0 Å². The maximum Gasteiger partial charge on any atom is 0.311 e. The Bertz CT molecular complexity index is 1180. The topological polar surface area (TPSA) is 158 Å². The highest BCUT2D eigenvalue weighted by Gasteiger charge is 2.53. The first-order valence-corrected chi connectivity index (χ1v) is 19.9. The smallest absolute Gasteiger partial charge is 0.311 e. The summed E-state index contributed by atoms with van der Waals surface area (Å²) in [5.41, 5.74) is -3.21. The quantitative estimate of drug-likeness (QED) is 0.293. The molecule has 318 valence electrons. The molecule has 3 N–H and O–H groups in total. The molecular formula is C40H76N2O12. The molecule has 3 heterocycles. The van der Waals surface area contributed by atoms with E-state index in [1.54, 1.807) is 35.0 Å².